The summed E-state index contributed by atoms with van der Waals surface area (Å²) in [6, 6.07) is 10.7. The Bertz CT molecular complexity index is 1790. The fraction of sp³-hybridized carbons (Fsp3) is 0.574. The van der Waals surface area contributed by atoms with Crippen molar-refractivity contribution in [3.8, 4) is 5.75 Å². The van der Waals surface area contributed by atoms with Gasteiger partial charge in [-0.2, -0.15) is 0 Å². The number of likely N-dealkylation sites (tertiary alicyclic amines) is 1. The summed E-state index contributed by atoms with van der Waals surface area (Å²) in [6.07, 6.45) is 15.6. The van der Waals surface area contributed by atoms with Crippen molar-refractivity contribution in [1.82, 2.24) is 20.9 Å². The van der Waals surface area contributed by atoms with E-state index in [1.54, 1.807) is 7.05 Å². The lowest BCUT2D eigenvalue weighted by molar-refractivity contribution is -0.145. The Hall–Kier alpha value is -5.24. The molecule has 4 amide bonds. The van der Waals surface area contributed by atoms with E-state index in [4.69, 9.17) is 10.5 Å². The van der Waals surface area contributed by atoms with Crippen molar-refractivity contribution in [2.45, 2.75) is 143 Å². The van der Waals surface area contributed by atoms with Gasteiger partial charge in [0, 0.05) is 50.4 Å². The summed E-state index contributed by atoms with van der Waals surface area (Å²) in [5, 5.41) is 10.1. The summed E-state index contributed by atoms with van der Waals surface area (Å²) in [5.41, 5.74) is 4.86. The number of nitrogens with one attached hydrogen (secondary N) is 3. The van der Waals surface area contributed by atoms with Gasteiger partial charge in [-0.3, -0.25) is 38.8 Å². The van der Waals surface area contributed by atoms with Gasteiger partial charge < -0.3 is 31.3 Å². The Morgan fingerprint density at radius 2 is 1.62 bits per heavy atom. The Morgan fingerprint density at radius 3 is 2.20 bits per heavy atom. The van der Waals surface area contributed by atoms with Crippen molar-refractivity contribution in [2.24, 2.45) is 27.1 Å². The molecule has 0 bridgehead atoms. The molecule has 0 radical (unpaired) electrons. The molecule has 3 fully saturated rings. The summed E-state index contributed by atoms with van der Waals surface area (Å²) in [6.45, 7) is 13.8. The Labute approximate surface area is 363 Å². The van der Waals surface area contributed by atoms with Crippen LogP contribution >= 0.6 is 0 Å². The minimum absolute atomic E-state index is 0.0115. The minimum atomic E-state index is -1.01. The number of nitrogens with two attached hydrogens (primary N) is 1. The van der Waals surface area contributed by atoms with Crippen LogP contribution in [0.1, 0.15) is 113 Å². The minimum Gasteiger partial charge on any atom is -0.488 e. The summed E-state index contributed by atoms with van der Waals surface area (Å²) >= 11 is 0. The van der Waals surface area contributed by atoms with E-state index in [9.17, 15) is 28.8 Å². The van der Waals surface area contributed by atoms with E-state index in [1.165, 1.54) is 68.6 Å². The lowest BCUT2D eigenvalue weighted by Crippen LogP contribution is -2.58. The molecular formula is C47H71N7O7. The van der Waals surface area contributed by atoms with Crippen molar-refractivity contribution < 1.29 is 33.5 Å². The second-order valence-corrected chi connectivity index (χ2v) is 16.3. The van der Waals surface area contributed by atoms with Gasteiger partial charge in [-0.25, -0.2) is 0 Å². The number of fused-ring (bicyclic) bond motifs is 1. The van der Waals surface area contributed by atoms with Crippen molar-refractivity contribution in [3.63, 3.8) is 0 Å². The average molecular weight is 846 g/mol. The molecule has 2 aromatic carbocycles. The third-order valence-electron chi connectivity index (χ3n) is 10.3. The van der Waals surface area contributed by atoms with Crippen LogP contribution in [0.2, 0.25) is 0 Å². The zero-order valence-corrected chi connectivity index (χ0v) is 37.7. The lowest BCUT2D eigenvalue weighted by atomic mass is 9.85. The summed E-state index contributed by atoms with van der Waals surface area (Å²) in [5.74, 6) is -1.20. The van der Waals surface area contributed by atoms with Crippen molar-refractivity contribution in [1.29, 1.82) is 0 Å². The van der Waals surface area contributed by atoms with Crippen LogP contribution in [-0.4, -0.2) is 103 Å². The molecule has 0 spiro atoms. The predicted octanol–water partition coefficient (Wildman–Crippen LogP) is 5.89. The first-order valence-electron chi connectivity index (χ1n) is 21.8. The van der Waals surface area contributed by atoms with Crippen LogP contribution in [0.3, 0.4) is 0 Å². The van der Waals surface area contributed by atoms with Gasteiger partial charge in [0.05, 0.1) is 12.6 Å². The first-order valence-corrected chi connectivity index (χ1v) is 21.8. The number of Topliss-reactive ketones (excluding diaryl/α,β-unsaturated/α-hetero) is 1. The van der Waals surface area contributed by atoms with E-state index in [0.717, 1.165) is 36.1 Å². The van der Waals surface area contributed by atoms with Crippen molar-refractivity contribution in [3.05, 3.63) is 54.7 Å². The highest BCUT2D eigenvalue weighted by Gasteiger charge is 2.46. The topological polar surface area (TPSA) is 202 Å². The molecular weight excluding hydrogens is 775 g/mol. The number of aliphatic imine (C=N–C) groups is 2. The van der Waals surface area contributed by atoms with Crippen LogP contribution in [0.5, 0.6) is 5.75 Å². The number of benzene rings is 2. The number of carbonyl (C=O) groups excluding carboxylic acids is 6. The molecule has 5 rings (SSSR count). The fourth-order valence-electron chi connectivity index (χ4n) is 7.00. The van der Waals surface area contributed by atoms with E-state index >= 15 is 0 Å². The summed E-state index contributed by atoms with van der Waals surface area (Å²) in [4.78, 5) is 83.7. The zero-order valence-electron chi connectivity index (χ0n) is 37.7. The van der Waals surface area contributed by atoms with Crippen molar-refractivity contribution >= 4 is 58.9 Å². The number of nitrogens with zero attached hydrogens (tertiary/aromatic N) is 3. The maximum atomic E-state index is 14.0. The molecule has 14 nitrogen and oxygen atoms in total. The average Bonchev–Trinajstić information content (AvgIpc) is 3.98. The summed E-state index contributed by atoms with van der Waals surface area (Å²) in [7, 11) is 1.65. The fourth-order valence-corrected chi connectivity index (χ4v) is 7.00. The van der Waals surface area contributed by atoms with Crippen LogP contribution in [0.4, 0.5) is 0 Å². The maximum Gasteiger partial charge on any atom is 0.289 e. The molecule has 1 unspecified atom stereocenters. The normalized spacial score (nSPS) is 18.7. The van der Waals surface area contributed by atoms with E-state index in [2.05, 4.69) is 25.9 Å². The highest BCUT2D eigenvalue weighted by atomic mass is 16.5. The van der Waals surface area contributed by atoms with E-state index < -0.39 is 53.1 Å². The van der Waals surface area contributed by atoms with Crippen LogP contribution < -0.4 is 26.4 Å². The highest BCUT2D eigenvalue weighted by molar-refractivity contribution is 6.38. The number of rotatable bonds is 15. The molecule has 5 N–H and O–H groups in total. The van der Waals surface area contributed by atoms with Crippen LogP contribution in [-0.2, 0) is 28.8 Å². The third kappa shape index (κ3) is 18.1. The van der Waals surface area contributed by atoms with E-state index in [-0.39, 0.29) is 31.3 Å². The number of ketones is 1. The molecule has 2 aliphatic carbocycles. The van der Waals surface area contributed by atoms with Gasteiger partial charge in [0.2, 0.25) is 23.5 Å². The smallest absolute Gasteiger partial charge is 0.289 e. The molecule has 336 valence electrons. The first kappa shape index (κ1) is 51.9. The number of carbonyl (C=O) groups is 6. The zero-order chi connectivity index (χ0) is 45.4. The second-order valence-electron chi connectivity index (χ2n) is 16.3. The molecule has 4 atom stereocenters. The SMILES string of the molecule is CC.CCC[C@H](NC(=O)[C@@H]1C[C@@H](Oc2cccc3ccccc23)CN1C(=O)C(NC(C)=O)C(C)(C)C)C(=O)C(=O)NC1CC1.CN=CC=N/C=C/C=O.NCC1CCCCC1. The number of amides is 4. The van der Waals surface area contributed by atoms with E-state index in [1.807, 2.05) is 84.0 Å². The molecule has 14 heteroatoms. The van der Waals surface area contributed by atoms with Gasteiger partial charge in [0.15, 0.2) is 0 Å². The highest BCUT2D eigenvalue weighted by Crippen LogP contribution is 2.32. The third-order valence-corrected chi connectivity index (χ3v) is 10.3. The monoisotopic (exact) mass is 846 g/mol. The quantitative estimate of drug-likeness (QED) is 0.0735. The second kappa shape index (κ2) is 27.6. The van der Waals surface area contributed by atoms with E-state index in [0.29, 0.717) is 18.5 Å². The Kier molecular flexibility index (Phi) is 23.5. The number of aldehydes is 1. The molecule has 61 heavy (non-hydrogen) atoms. The number of hydrogen-bond donors (Lipinski definition) is 4. The maximum absolute atomic E-state index is 14.0. The van der Waals surface area contributed by atoms with Crippen LogP contribution in [0, 0.1) is 11.3 Å². The van der Waals surface area contributed by atoms with Gasteiger partial charge >= 0.3 is 0 Å². The Balaban J connectivity index is 0.000000556. The largest absolute Gasteiger partial charge is 0.488 e. The van der Waals surface area contributed by atoms with Gasteiger partial charge in [0.25, 0.3) is 5.91 Å². The number of hydrogen-bond acceptors (Lipinski definition) is 10. The lowest BCUT2D eigenvalue weighted by Gasteiger charge is -2.35. The van der Waals surface area contributed by atoms with Crippen molar-refractivity contribution in [2.75, 3.05) is 20.1 Å². The predicted molar refractivity (Wildman–Crippen MR) is 244 cm³/mol. The number of allylic oxidation sites excluding steroid dienone is 1. The molecule has 1 heterocycles. The number of ether oxygens (including phenoxy) is 1. The molecule has 3 aliphatic rings. The van der Waals surface area contributed by atoms with Gasteiger partial charge in [0.1, 0.15) is 30.2 Å². The van der Waals surface area contributed by atoms with Gasteiger partial charge in [-0.1, -0.05) is 104 Å². The van der Waals surface area contributed by atoms with Crippen LogP contribution in [0.25, 0.3) is 10.8 Å². The molecule has 2 saturated carbocycles. The molecule has 1 saturated heterocycles. The molecule has 1 aliphatic heterocycles. The van der Waals surface area contributed by atoms with Crippen LogP contribution in [0.15, 0.2) is 64.7 Å². The first-order chi connectivity index (χ1) is 29.2. The standard InChI is InChI=1S/C32H42N4O6.C7H15N.C6H8N2O.C2H6/c1-6-10-24(27(38)30(40)34-21-15-16-21)35-29(39)25-17-22(42-26-14-9-12-20-11-7-8-13-23(20)26)18-36(25)31(41)28(32(3,4)5)33-19(2)37;8-6-7-4-2-1-3-5-7;1-7-4-5-8-3-2-6-9;1-2/h7-9,11-14,21-22,24-25,28H,6,10,15-18H2,1-5H3,(H,33,37)(H,34,40)(H,35,39);7H,1-6,8H2;2-6H,1H3;1-2H3/b;;3-2+,7-4?,8-5?;/t22-,24+,25+,28?;;;/m1.../s1. The molecule has 2 aromatic rings. The molecule has 0 aromatic heterocycles. The van der Waals surface area contributed by atoms with Gasteiger partial charge in [-0.05, 0) is 67.5 Å². The Morgan fingerprint density at radius 1 is 0.951 bits per heavy atom. The summed E-state index contributed by atoms with van der Waals surface area (Å²) < 4.78 is 6.39. The van der Waals surface area contributed by atoms with Gasteiger partial charge in [-0.15, -0.1) is 0 Å².